The minimum atomic E-state index is -0.871. The van der Waals surface area contributed by atoms with Gasteiger partial charge in [0, 0.05) is 6.07 Å². The van der Waals surface area contributed by atoms with Gasteiger partial charge in [0.15, 0.2) is 0 Å². The SMILES string of the molecule is Cc1cc(C)c(NC(=O)CN2C(=O)c3cccc([N+](=O)[O-])c3C2=O)c(Cl)c1. The first-order chi connectivity index (χ1) is 12.7. The fraction of sp³-hybridized carbons (Fsp3) is 0.167. The zero-order chi connectivity index (χ0) is 19.9. The number of rotatable bonds is 4. The molecule has 0 spiro atoms. The second-order valence-electron chi connectivity index (χ2n) is 6.14. The highest BCUT2D eigenvalue weighted by molar-refractivity contribution is 6.34. The van der Waals surface area contributed by atoms with Gasteiger partial charge in [-0.3, -0.25) is 29.4 Å². The molecule has 1 heterocycles. The summed E-state index contributed by atoms with van der Waals surface area (Å²) in [6.45, 7) is 3.04. The molecule has 138 valence electrons. The number of anilines is 1. The summed E-state index contributed by atoms with van der Waals surface area (Å²) < 4.78 is 0. The molecule has 3 rings (SSSR count). The molecule has 0 aliphatic carbocycles. The van der Waals surface area contributed by atoms with Crippen LogP contribution in [0.2, 0.25) is 5.02 Å². The molecule has 1 aliphatic rings. The minimum absolute atomic E-state index is 0.0912. The van der Waals surface area contributed by atoms with Gasteiger partial charge in [0.1, 0.15) is 12.1 Å². The Morgan fingerprint density at radius 3 is 2.56 bits per heavy atom. The zero-order valence-electron chi connectivity index (χ0n) is 14.4. The number of fused-ring (bicyclic) bond motifs is 1. The van der Waals surface area contributed by atoms with Crippen molar-refractivity contribution in [2.75, 3.05) is 11.9 Å². The van der Waals surface area contributed by atoms with Crippen molar-refractivity contribution in [1.82, 2.24) is 4.90 Å². The first-order valence-electron chi connectivity index (χ1n) is 7.91. The number of hydrogen-bond acceptors (Lipinski definition) is 5. The summed E-state index contributed by atoms with van der Waals surface area (Å²) in [5.74, 6) is -2.26. The van der Waals surface area contributed by atoms with Crippen LogP contribution in [-0.4, -0.2) is 34.1 Å². The van der Waals surface area contributed by atoms with E-state index in [-0.39, 0.29) is 11.1 Å². The maximum atomic E-state index is 12.5. The van der Waals surface area contributed by atoms with Crippen LogP contribution in [0.5, 0.6) is 0 Å². The van der Waals surface area contributed by atoms with E-state index in [4.69, 9.17) is 11.6 Å². The van der Waals surface area contributed by atoms with Gasteiger partial charge < -0.3 is 5.32 Å². The van der Waals surface area contributed by atoms with E-state index in [1.54, 1.807) is 13.0 Å². The van der Waals surface area contributed by atoms with Gasteiger partial charge in [-0.15, -0.1) is 0 Å². The lowest BCUT2D eigenvalue weighted by Crippen LogP contribution is -2.37. The molecule has 0 atom stereocenters. The Morgan fingerprint density at radius 1 is 1.22 bits per heavy atom. The van der Waals surface area contributed by atoms with Gasteiger partial charge >= 0.3 is 0 Å². The van der Waals surface area contributed by atoms with Crippen LogP contribution in [0.3, 0.4) is 0 Å². The van der Waals surface area contributed by atoms with Crippen molar-refractivity contribution in [3.63, 3.8) is 0 Å². The lowest BCUT2D eigenvalue weighted by Gasteiger charge is -2.15. The second kappa shape index (κ2) is 6.81. The van der Waals surface area contributed by atoms with Crippen molar-refractivity contribution in [3.8, 4) is 0 Å². The van der Waals surface area contributed by atoms with Gasteiger partial charge in [-0.2, -0.15) is 0 Å². The molecular formula is C18H14ClN3O5. The topological polar surface area (TPSA) is 110 Å². The monoisotopic (exact) mass is 387 g/mol. The average molecular weight is 388 g/mol. The van der Waals surface area contributed by atoms with E-state index < -0.39 is 34.9 Å². The number of aryl methyl sites for hydroxylation is 2. The Labute approximate surface area is 158 Å². The molecule has 0 saturated heterocycles. The highest BCUT2D eigenvalue weighted by Crippen LogP contribution is 2.31. The summed E-state index contributed by atoms with van der Waals surface area (Å²) >= 11 is 6.14. The van der Waals surface area contributed by atoms with Crippen molar-refractivity contribution in [2.24, 2.45) is 0 Å². The highest BCUT2D eigenvalue weighted by Gasteiger charge is 2.41. The third kappa shape index (κ3) is 3.26. The number of halogens is 1. The van der Waals surface area contributed by atoms with E-state index in [9.17, 15) is 24.5 Å². The lowest BCUT2D eigenvalue weighted by molar-refractivity contribution is -0.385. The van der Waals surface area contributed by atoms with E-state index in [2.05, 4.69) is 5.32 Å². The van der Waals surface area contributed by atoms with Crippen LogP contribution in [0.4, 0.5) is 11.4 Å². The van der Waals surface area contributed by atoms with Crippen molar-refractivity contribution in [1.29, 1.82) is 0 Å². The number of nitrogens with zero attached hydrogens (tertiary/aromatic N) is 2. The molecule has 0 unspecified atom stereocenters. The van der Waals surface area contributed by atoms with Crippen molar-refractivity contribution in [3.05, 3.63) is 67.7 Å². The Bertz CT molecular complexity index is 995. The summed E-state index contributed by atoms with van der Waals surface area (Å²) in [7, 11) is 0. The van der Waals surface area contributed by atoms with Gasteiger partial charge in [-0.1, -0.05) is 23.7 Å². The van der Waals surface area contributed by atoms with Gasteiger partial charge in [0.2, 0.25) is 5.91 Å². The highest BCUT2D eigenvalue weighted by atomic mass is 35.5. The molecule has 2 aromatic rings. The summed E-state index contributed by atoms with van der Waals surface area (Å²) in [5.41, 5.74) is 1.17. The Hall–Kier alpha value is -3.26. The van der Waals surface area contributed by atoms with Crippen LogP contribution >= 0.6 is 11.6 Å². The molecule has 0 saturated carbocycles. The maximum Gasteiger partial charge on any atom is 0.282 e. The third-order valence-electron chi connectivity index (χ3n) is 4.17. The fourth-order valence-corrected chi connectivity index (χ4v) is 3.38. The minimum Gasteiger partial charge on any atom is -0.323 e. The zero-order valence-corrected chi connectivity index (χ0v) is 15.2. The average Bonchev–Trinajstić information content (AvgIpc) is 2.83. The Morgan fingerprint density at radius 2 is 1.93 bits per heavy atom. The quantitative estimate of drug-likeness (QED) is 0.492. The molecular weight excluding hydrogens is 374 g/mol. The normalized spacial score (nSPS) is 12.9. The molecule has 2 aromatic carbocycles. The van der Waals surface area contributed by atoms with Crippen LogP contribution in [0.1, 0.15) is 31.8 Å². The van der Waals surface area contributed by atoms with Crippen LogP contribution < -0.4 is 5.32 Å². The number of imide groups is 1. The van der Waals surface area contributed by atoms with E-state index in [1.165, 1.54) is 12.1 Å². The van der Waals surface area contributed by atoms with Crippen molar-refractivity contribution < 1.29 is 19.3 Å². The van der Waals surface area contributed by atoms with Crippen LogP contribution in [0, 0.1) is 24.0 Å². The summed E-state index contributed by atoms with van der Waals surface area (Å²) in [6.07, 6.45) is 0. The van der Waals surface area contributed by atoms with Gasteiger partial charge in [0.05, 0.1) is 21.2 Å². The van der Waals surface area contributed by atoms with Crippen LogP contribution in [0.25, 0.3) is 0 Å². The first kappa shape index (κ1) is 18.5. The number of benzene rings is 2. The molecule has 3 amide bonds. The molecule has 0 aromatic heterocycles. The van der Waals surface area contributed by atoms with Crippen LogP contribution in [0.15, 0.2) is 30.3 Å². The standard InChI is InChI=1S/C18H14ClN3O5/c1-9-6-10(2)16(12(19)7-9)20-14(23)8-21-17(24)11-4-3-5-13(22(26)27)15(11)18(21)25/h3-7H,8H2,1-2H3,(H,20,23). The summed E-state index contributed by atoms with van der Waals surface area (Å²) in [6, 6.07) is 7.29. The maximum absolute atomic E-state index is 12.5. The van der Waals surface area contributed by atoms with E-state index in [1.807, 2.05) is 13.0 Å². The van der Waals surface area contributed by atoms with Crippen molar-refractivity contribution in [2.45, 2.75) is 13.8 Å². The molecule has 27 heavy (non-hydrogen) atoms. The van der Waals surface area contributed by atoms with Crippen LogP contribution in [-0.2, 0) is 4.79 Å². The largest absolute Gasteiger partial charge is 0.323 e. The summed E-state index contributed by atoms with van der Waals surface area (Å²) in [5, 5.41) is 14.0. The first-order valence-corrected chi connectivity index (χ1v) is 8.28. The molecule has 8 nitrogen and oxygen atoms in total. The lowest BCUT2D eigenvalue weighted by atomic mass is 10.1. The van der Waals surface area contributed by atoms with Crippen molar-refractivity contribution >= 4 is 40.7 Å². The Balaban J connectivity index is 1.84. The second-order valence-corrected chi connectivity index (χ2v) is 6.55. The number of carbonyl (C=O) groups is 3. The molecule has 0 radical (unpaired) electrons. The smallest absolute Gasteiger partial charge is 0.282 e. The molecule has 0 bridgehead atoms. The van der Waals surface area contributed by atoms with E-state index in [0.29, 0.717) is 15.6 Å². The number of amides is 3. The predicted octanol–water partition coefficient (Wildman–Crippen LogP) is 3.10. The summed E-state index contributed by atoms with van der Waals surface area (Å²) in [4.78, 5) is 48.4. The predicted molar refractivity (Wildman–Crippen MR) is 98.0 cm³/mol. The number of nitro benzene ring substituents is 1. The fourth-order valence-electron chi connectivity index (χ4n) is 3.01. The molecule has 0 fully saturated rings. The number of carbonyl (C=O) groups excluding carboxylic acids is 3. The molecule has 1 N–H and O–H groups in total. The van der Waals surface area contributed by atoms with Gasteiger partial charge in [0.25, 0.3) is 17.5 Å². The molecule has 1 aliphatic heterocycles. The number of nitro groups is 1. The number of hydrogen-bond donors (Lipinski definition) is 1. The van der Waals surface area contributed by atoms with E-state index >= 15 is 0 Å². The van der Waals surface area contributed by atoms with Gasteiger partial charge in [-0.25, -0.2) is 0 Å². The third-order valence-corrected chi connectivity index (χ3v) is 4.47. The van der Waals surface area contributed by atoms with Gasteiger partial charge in [-0.05, 0) is 37.1 Å². The number of nitrogens with one attached hydrogen (secondary N) is 1. The van der Waals surface area contributed by atoms with E-state index in [0.717, 1.165) is 17.2 Å². The Kier molecular flexibility index (Phi) is 4.67. The molecule has 9 heteroatoms.